The number of aryl methyl sites for hydroxylation is 1. The first kappa shape index (κ1) is 21.1. The van der Waals surface area contributed by atoms with E-state index in [1.165, 1.54) is 0 Å². The first-order valence-electron chi connectivity index (χ1n) is 11.3. The van der Waals surface area contributed by atoms with Gasteiger partial charge in [0.15, 0.2) is 0 Å². The molecule has 33 heavy (non-hydrogen) atoms. The van der Waals surface area contributed by atoms with Crippen LogP contribution in [0.4, 0.5) is 10.5 Å². The summed E-state index contributed by atoms with van der Waals surface area (Å²) in [7, 11) is 1.91. The van der Waals surface area contributed by atoms with Gasteiger partial charge in [0.1, 0.15) is 6.10 Å². The first-order valence-corrected chi connectivity index (χ1v) is 11.3. The highest BCUT2D eigenvalue weighted by Crippen LogP contribution is 2.27. The van der Waals surface area contributed by atoms with E-state index >= 15 is 0 Å². The summed E-state index contributed by atoms with van der Waals surface area (Å²) in [6, 6.07) is 14.1. The van der Waals surface area contributed by atoms with Crippen LogP contribution < -0.4 is 4.90 Å². The molecule has 1 amide bonds. The molecule has 0 saturated carbocycles. The van der Waals surface area contributed by atoms with E-state index in [9.17, 15) is 4.79 Å². The number of anilines is 1. The van der Waals surface area contributed by atoms with Gasteiger partial charge in [-0.25, -0.2) is 9.31 Å². The first-order chi connectivity index (χ1) is 16.1. The average Bonchev–Trinajstić information content (AvgIpc) is 3.49. The number of carbonyl (C=O) groups is 1. The Morgan fingerprint density at radius 3 is 2.45 bits per heavy atom. The highest BCUT2D eigenvalue weighted by molar-refractivity contribution is 5.76. The van der Waals surface area contributed by atoms with Gasteiger partial charge in [-0.2, -0.15) is 10.2 Å². The molecule has 0 N–H and O–H groups in total. The molecular formula is C25H28N6O2. The number of hydrogen-bond donors (Lipinski definition) is 0. The molecule has 5 rings (SSSR count). The van der Waals surface area contributed by atoms with E-state index in [0.29, 0.717) is 13.1 Å². The number of carbonyl (C=O) groups excluding carboxylic acids is 1. The summed E-state index contributed by atoms with van der Waals surface area (Å²) in [6.45, 7) is 4.75. The van der Waals surface area contributed by atoms with E-state index in [2.05, 4.69) is 27.2 Å². The quantitative estimate of drug-likeness (QED) is 0.463. The van der Waals surface area contributed by atoms with Crippen LogP contribution in [0.2, 0.25) is 0 Å². The maximum Gasteiger partial charge on any atom is 0.410 e. The number of piperazine rings is 1. The third-order valence-electron chi connectivity index (χ3n) is 6.20. The van der Waals surface area contributed by atoms with Crippen LogP contribution in [0, 0.1) is 0 Å². The maximum atomic E-state index is 12.8. The van der Waals surface area contributed by atoms with Crippen molar-refractivity contribution in [1.82, 2.24) is 24.3 Å². The van der Waals surface area contributed by atoms with Gasteiger partial charge in [-0.3, -0.25) is 4.68 Å². The second kappa shape index (κ2) is 8.97. The van der Waals surface area contributed by atoms with Crippen LogP contribution in [0.15, 0.2) is 67.3 Å². The summed E-state index contributed by atoms with van der Waals surface area (Å²) >= 11 is 0. The number of pyridine rings is 1. The van der Waals surface area contributed by atoms with Crippen molar-refractivity contribution in [1.29, 1.82) is 0 Å². The predicted octanol–water partition coefficient (Wildman–Crippen LogP) is 4.14. The fourth-order valence-electron chi connectivity index (χ4n) is 4.34. The smallest absolute Gasteiger partial charge is 0.410 e. The monoisotopic (exact) mass is 444 g/mol. The summed E-state index contributed by atoms with van der Waals surface area (Å²) in [4.78, 5) is 16.9. The van der Waals surface area contributed by atoms with Gasteiger partial charge in [-0.1, -0.05) is 43.3 Å². The normalized spacial score (nSPS) is 15.1. The van der Waals surface area contributed by atoms with Gasteiger partial charge in [0, 0.05) is 56.7 Å². The third kappa shape index (κ3) is 4.28. The van der Waals surface area contributed by atoms with Gasteiger partial charge in [0.25, 0.3) is 0 Å². The van der Waals surface area contributed by atoms with Crippen LogP contribution in [-0.2, 0) is 11.8 Å². The topological polar surface area (TPSA) is 67.9 Å². The van der Waals surface area contributed by atoms with Crippen LogP contribution in [-0.4, -0.2) is 56.6 Å². The molecule has 8 nitrogen and oxygen atoms in total. The zero-order valence-corrected chi connectivity index (χ0v) is 19.0. The molecule has 4 aromatic rings. The average molecular weight is 445 g/mol. The molecule has 0 bridgehead atoms. The molecule has 0 spiro atoms. The minimum atomic E-state index is -0.244. The van der Waals surface area contributed by atoms with Crippen LogP contribution in [0.3, 0.4) is 0 Å². The van der Waals surface area contributed by atoms with E-state index in [0.717, 1.165) is 47.4 Å². The third-order valence-corrected chi connectivity index (χ3v) is 6.20. The minimum Gasteiger partial charge on any atom is -0.441 e. The Morgan fingerprint density at radius 2 is 1.76 bits per heavy atom. The van der Waals surface area contributed by atoms with Crippen LogP contribution in [0.25, 0.3) is 16.6 Å². The number of aromatic nitrogens is 4. The number of nitrogens with zero attached hydrogens (tertiary/aromatic N) is 6. The molecular weight excluding hydrogens is 416 g/mol. The van der Waals surface area contributed by atoms with Crippen molar-refractivity contribution in [3.8, 4) is 11.1 Å². The van der Waals surface area contributed by atoms with Crippen molar-refractivity contribution < 1.29 is 9.53 Å². The Labute approximate surface area is 193 Å². The summed E-state index contributed by atoms with van der Waals surface area (Å²) in [5.41, 5.74) is 5.29. The fourth-order valence-corrected chi connectivity index (χ4v) is 4.34. The van der Waals surface area contributed by atoms with E-state index < -0.39 is 0 Å². The SMILES string of the molecule is CC[C@@H](OC(=O)N1CCN(c2cnn3cc(-c4cnn(C)c4)ccc23)CC1)c1ccccc1. The van der Waals surface area contributed by atoms with Crippen molar-refractivity contribution >= 4 is 17.3 Å². The number of ether oxygens (including phenoxy) is 1. The molecule has 0 aliphatic carbocycles. The Balaban J connectivity index is 1.24. The largest absolute Gasteiger partial charge is 0.441 e. The molecule has 4 heterocycles. The van der Waals surface area contributed by atoms with Gasteiger partial charge in [0.05, 0.1) is 23.6 Å². The van der Waals surface area contributed by atoms with Crippen molar-refractivity contribution in [2.75, 3.05) is 31.1 Å². The van der Waals surface area contributed by atoms with E-state index in [-0.39, 0.29) is 12.2 Å². The molecule has 1 aliphatic heterocycles. The number of amides is 1. The zero-order chi connectivity index (χ0) is 22.8. The zero-order valence-electron chi connectivity index (χ0n) is 19.0. The Kier molecular flexibility index (Phi) is 5.73. The number of hydrogen-bond acceptors (Lipinski definition) is 5. The molecule has 1 atom stereocenters. The Bertz CT molecular complexity index is 1240. The molecule has 0 unspecified atom stereocenters. The van der Waals surface area contributed by atoms with Crippen molar-refractivity contribution in [2.45, 2.75) is 19.4 Å². The number of fused-ring (bicyclic) bond motifs is 1. The second-order valence-electron chi connectivity index (χ2n) is 8.35. The summed E-state index contributed by atoms with van der Waals surface area (Å²) in [5, 5.41) is 8.82. The molecule has 1 saturated heterocycles. The summed E-state index contributed by atoms with van der Waals surface area (Å²) < 4.78 is 9.52. The second-order valence-corrected chi connectivity index (χ2v) is 8.35. The van der Waals surface area contributed by atoms with Crippen molar-refractivity contribution in [3.05, 3.63) is 72.8 Å². The number of rotatable bonds is 5. The molecule has 1 aliphatic rings. The molecule has 170 valence electrons. The Morgan fingerprint density at radius 1 is 0.970 bits per heavy atom. The summed E-state index contributed by atoms with van der Waals surface area (Å²) in [5.74, 6) is 0. The highest BCUT2D eigenvalue weighted by atomic mass is 16.6. The number of benzene rings is 1. The predicted molar refractivity (Wildman–Crippen MR) is 127 cm³/mol. The van der Waals surface area contributed by atoms with E-state index in [1.807, 2.05) is 73.6 Å². The molecule has 1 aromatic carbocycles. The standard InChI is InChI=1S/C25H28N6O2/c1-3-24(19-7-5-4-6-8-19)33-25(32)30-13-11-29(12-14-30)23-16-27-31-18-20(9-10-22(23)31)21-15-26-28(2)17-21/h4-10,15-18,24H,3,11-14H2,1-2H3/t24-/m1/s1. The molecule has 0 radical (unpaired) electrons. The van der Waals surface area contributed by atoms with Crippen LogP contribution in [0.1, 0.15) is 25.0 Å². The lowest BCUT2D eigenvalue weighted by Gasteiger charge is -2.35. The lowest BCUT2D eigenvalue weighted by Crippen LogP contribution is -2.49. The minimum absolute atomic E-state index is 0.217. The van der Waals surface area contributed by atoms with Gasteiger partial charge in [-0.15, -0.1) is 0 Å². The molecule has 8 heteroatoms. The van der Waals surface area contributed by atoms with E-state index in [4.69, 9.17) is 4.74 Å². The molecule has 3 aromatic heterocycles. The van der Waals surface area contributed by atoms with Gasteiger partial charge >= 0.3 is 6.09 Å². The van der Waals surface area contributed by atoms with E-state index in [1.54, 1.807) is 9.58 Å². The summed E-state index contributed by atoms with van der Waals surface area (Å²) in [6.07, 6.45) is 8.06. The van der Waals surface area contributed by atoms with Crippen molar-refractivity contribution in [3.63, 3.8) is 0 Å². The van der Waals surface area contributed by atoms with Crippen LogP contribution >= 0.6 is 0 Å². The molecule has 1 fully saturated rings. The Hall–Kier alpha value is -3.81. The van der Waals surface area contributed by atoms with Gasteiger partial charge < -0.3 is 14.5 Å². The van der Waals surface area contributed by atoms with Crippen LogP contribution in [0.5, 0.6) is 0 Å². The lowest BCUT2D eigenvalue weighted by atomic mass is 10.1. The van der Waals surface area contributed by atoms with Gasteiger partial charge in [-0.05, 0) is 18.1 Å². The fraction of sp³-hybridized carbons (Fsp3) is 0.320. The van der Waals surface area contributed by atoms with Gasteiger partial charge in [0.2, 0.25) is 0 Å². The highest BCUT2D eigenvalue weighted by Gasteiger charge is 2.26. The van der Waals surface area contributed by atoms with Crippen molar-refractivity contribution in [2.24, 2.45) is 7.05 Å². The maximum absolute atomic E-state index is 12.8. The lowest BCUT2D eigenvalue weighted by molar-refractivity contribution is 0.0589.